The third kappa shape index (κ3) is 4.19. The van der Waals surface area contributed by atoms with Crippen LogP contribution in [0.3, 0.4) is 0 Å². The van der Waals surface area contributed by atoms with Crippen molar-refractivity contribution in [2.75, 3.05) is 18.4 Å². The number of nitrogens with one attached hydrogen (secondary N) is 2. The summed E-state index contributed by atoms with van der Waals surface area (Å²) in [6.07, 6.45) is 1.82. The molecule has 0 aliphatic rings. The molecule has 2 aromatic carbocycles. The quantitative estimate of drug-likeness (QED) is 0.636. The van der Waals surface area contributed by atoms with Crippen molar-refractivity contribution in [1.82, 2.24) is 9.71 Å². The summed E-state index contributed by atoms with van der Waals surface area (Å²) in [6, 6.07) is 18.3. The Morgan fingerprint density at radius 1 is 0.917 bits per heavy atom. The first kappa shape index (κ1) is 16.6. The van der Waals surface area contributed by atoms with Gasteiger partial charge in [-0.05, 0) is 17.7 Å². The molecule has 0 saturated carbocycles. The zero-order chi connectivity index (χ0) is 16.8. The summed E-state index contributed by atoms with van der Waals surface area (Å²) in [4.78, 5) is 5.66. The molecule has 24 heavy (non-hydrogen) atoms. The zero-order valence-corrected chi connectivity index (χ0v) is 14.5. The summed E-state index contributed by atoms with van der Waals surface area (Å²) < 4.78 is 26.7. The summed E-state index contributed by atoms with van der Waals surface area (Å²) >= 11 is 1.54. The monoisotopic (exact) mass is 359 g/mol. The van der Waals surface area contributed by atoms with Crippen LogP contribution in [0.5, 0.6) is 0 Å². The van der Waals surface area contributed by atoms with E-state index in [1.165, 1.54) is 0 Å². The van der Waals surface area contributed by atoms with Crippen LogP contribution in [0.15, 0.2) is 71.8 Å². The largest absolute Gasteiger partial charge is 0.360 e. The molecule has 0 radical (unpaired) electrons. The molecule has 0 fully saturated rings. The Morgan fingerprint density at radius 3 is 2.29 bits per heavy atom. The van der Waals surface area contributed by atoms with Crippen LogP contribution in [0.4, 0.5) is 5.13 Å². The maximum Gasteiger partial charge on any atom is 0.240 e. The van der Waals surface area contributed by atoms with Gasteiger partial charge in [0.1, 0.15) is 0 Å². The fourth-order valence-electron chi connectivity index (χ4n) is 2.13. The fourth-order valence-corrected chi connectivity index (χ4v) is 4.03. The normalized spacial score (nSPS) is 11.3. The maximum absolute atomic E-state index is 12.1. The van der Waals surface area contributed by atoms with E-state index >= 15 is 0 Å². The molecule has 0 bridgehead atoms. The van der Waals surface area contributed by atoms with Crippen LogP contribution in [0, 0.1) is 0 Å². The number of rotatable bonds is 7. The Labute approximate surface area is 145 Å². The van der Waals surface area contributed by atoms with E-state index in [4.69, 9.17) is 0 Å². The number of aromatic nitrogens is 1. The Kier molecular flexibility index (Phi) is 5.24. The summed E-state index contributed by atoms with van der Waals surface area (Å²) in [6.45, 7) is 0.755. The highest BCUT2D eigenvalue weighted by Crippen LogP contribution is 2.28. The first-order valence-electron chi connectivity index (χ1n) is 7.45. The van der Waals surface area contributed by atoms with Crippen molar-refractivity contribution in [3.8, 4) is 10.4 Å². The van der Waals surface area contributed by atoms with Gasteiger partial charge in [0.15, 0.2) is 5.13 Å². The van der Waals surface area contributed by atoms with Crippen molar-refractivity contribution >= 4 is 26.5 Å². The minimum Gasteiger partial charge on any atom is -0.360 e. The molecule has 3 aromatic rings. The lowest BCUT2D eigenvalue weighted by Crippen LogP contribution is -2.28. The van der Waals surface area contributed by atoms with E-state index in [0.717, 1.165) is 15.6 Å². The van der Waals surface area contributed by atoms with Crippen molar-refractivity contribution in [2.24, 2.45) is 0 Å². The molecule has 0 saturated heterocycles. The number of sulfonamides is 1. The molecule has 2 N–H and O–H groups in total. The minimum atomic E-state index is -3.46. The average molecular weight is 359 g/mol. The van der Waals surface area contributed by atoms with Crippen LogP contribution in [0.25, 0.3) is 10.4 Å². The minimum absolute atomic E-state index is 0.269. The Bertz CT molecular complexity index is 878. The highest BCUT2D eigenvalue weighted by Gasteiger charge is 2.12. The molecule has 5 nitrogen and oxygen atoms in total. The second-order valence-corrected chi connectivity index (χ2v) is 7.83. The van der Waals surface area contributed by atoms with Crippen molar-refractivity contribution in [2.45, 2.75) is 4.90 Å². The molecule has 0 aliphatic carbocycles. The van der Waals surface area contributed by atoms with Gasteiger partial charge in [0.05, 0.1) is 9.77 Å². The highest BCUT2D eigenvalue weighted by atomic mass is 32.2. The van der Waals surface area contributed by atoms with E-state index in [0.29, 0.717) is 6.54 Å². The maximum atomic E-state index is 12.1. The van der Waals surface area contributed by atoms with Gasteiger partial charge < -0.3 is 5.32 Å². The summed E-state index contributed by atoms with van der Waals surface area (Å²) in [5.41, 5.74) is 1.12. The first-order valence-corrected chi connectivity index (χ1v) is 9.75. The molecular formula is C17H17N3O2S2. The standard InChI is InChI=1S/C17H17N3O2S2/c21-24(22,15-9-5-2-6-10-15)20-12-11-18-17-19-13-16(23-17)14-7-3-1-4-8-14/h1-10,13,20H,11-12H2,(H,18,19). The van der Waals surface area contributed by atoms with Crippen molar-refractivity contribution in [3.63, 3.8) is 0 Å². The van der Waals surface area contributed by atoms with Gasteiger partial charge in [-0.1, -0.05) is 59.9 Å². The van der Waals surface area contributed by atoms with E-state index in [9.17, 15) is 8.42 Å². The molecule has 0 amide bonds. The zero-order valence-electron chi connectivity index (χ0n) is 12.8. The molecule has 1 heterocycles. The van der Waals surface area contributed by atoms with Crippen LogP contribution in [0.2, 0.25) is 0 Å². The van der Waals surface area contributed by atoms with E-state index < -0.39 is 10.0 Å². The third-order valence-corrected chi connectivity index (χ3v) is 5.79. The van der Waals surface area contributed by atoms with Crippen LogP contribution < -0.4 is 10.0 Å². The smallest absolute Gasteiger partial charge is 0.240 e. The summed E-state index contributed by atoms with van der Waals surface area (Å²) in [5, 5.41) is 3.91. The first-order chi connectivity index (χ1) is 11.6. The van der Waals surface area contributed by atoms with Crippen molar-refractivity contribution in [3.05, 3.63) is 66.9 Å². The predicted octanol–water partition coefficient (Wildman–Crippen LogP) is 3.20. The molecule has 3 rings (SSSR count). The van der Waals surface area contributed by atoms with Crippen LogP contribution in [0.1, 0.15) is 0 Å². The van der Waals surface area contributed by atoms with Gasteiger partial charge in [0, 0.05) is 19.3 Å². The second-order valence-electron chi connectivity index (χ2n) is 5.03. The molecule has 124 valence electrons. The Balaban J connectivity index is 1.52. The second kappa shape index (κ2) is 7.57. The number of thiazole rings is 1. The van der Waals surface area contributed by atoms with Gasteiger partial charge >= 0.3 is 0 Å². The molecule has 0 unspecified atom stereocenters. The summed E-state index contributed by atoms with van der Waals surface area (Å²) in [7, 11) is -3.46. The average Bonchev–Trinajstić information content (AvgIpc) is 3.09. The number of hydrogen-bond acceptors (Lipinski definition) is 5. The number of nitrogens with zero attached hydrogens (tertiary/aromatic N) is 1. The number of hydrogen-bond donors (Lipinski definition) is 2. The Morgan fingerprint density at radius 2 is 1.58 bits per heavy atom. The molecule has 0 spiro atoms. The van der Waals surface area contributed by atoms with Crippen molar-refractivity contribution < 1.29 is 8.42 Å². The molecular weight excluding hydrogens is 342 g/mol. The topological polar surface area (TPSA) is 71.1 Å². The molecule has 0 atom stereocenters. The fraction of sp³-hybridized carbons (Fsp3) is 0.118. The van der Waals surface area contributed by atoms with Gasteiger partial charge in [-0.15, -0.1) is 0 Å². The SMILES string of the molecule is O=S(=O)(NCCNc1ncc(-c2ccccc2)s1)c1ccccc1. The molecule has 7 heteroatoms. The third-order valence-electron chi connectivity index (χ3n) is 3.31. The lowest BCUT2D eigenvalue weighted by Gasteiger charge is -2.07. The van der Waals surface area contributed by atoms with E-state index in [2.05, 4.69) is 15.0 Å². The molecule has 1 aromatic heterocycles. The van der Waals surface area contributed by atoms with Crippen molar-refractivity contribution in [1.29, 1.82) is 0 Å². The number of anilines is 1. The van der Waals surface area contributed by atoms with Crippen LogP contribution >= 0.6 is 11.3 Å². The number of benzene rings is 2. The van der Waals surface area contributed by atoms with Gasteiger partial charge in [0.25, 0.3) is 0 Å². The summed E-state index contributed by atoms with van der Waals surface area (Å²) in [5.74, 6) is 0. The van der Waals surface area contributed by atoms with E-state index in [1.807, 2.05) is 36.5 Å². The van der Waals surface area contributed by atoms with E-state index in [-0.39, 0.29) is 11.4 Å². The van der Waals surface area contributed by atoms with Crippen LogP contribution in [-0.2, 0) is 10.0 Å². The predicted molar refractivity (Wildman–Crippen MR) is 97.7 cm³/mol. The highest BCUT2D eigenvalue weighted by molar-refractivity contribution is 7.89. The van der Waals surface area contributed by atoms with Gasteiger partial charge in [-0.3, -0.25) is 0 Å². The van der Waals surface area contributed by atoms with Crippen LogP contribution in [-0.4, -0.2) is 26.5 Å². The van der Waals surface area contributed by atoms with Gasteiger partial charge in [-0.25, -0.2) is 18.1 Å². The van der Waals surface area contributed by atoms with Gasteiger partial charge in [-0.2, -0.15) is 0 Å². The van der Waals surface area contributed by atoms with Gasteiger partial charge in [0.2, 0.25) is 10.0 Å². The Hall–Kier alpha value is -2.22. The molecule has 0 aliphatic heterocycles. The van der Waals surface area contributed by atoms with E-state index in [1.54, 1.807) is 41.7 Å². The lowest BCUT2D eigenvalue weighted by atomic mass is 10.2. The lowest BCUT2D eigenvalue weighted by molar-refractivity contribution is 0.583.